The Bertz CT molecular complexity index is 648. The van der Waals surface area contributed by atoms with Gasteiger partial charge >= 0.3 is 0 Å². The van der Waals surface area contributed by atoms with E-state index >= 15 is 0 Å². The van der Waals surface area contributed by atoms with Gasteiger partial charge in [0.05, 0.1) is 0 Å². The topological polar surface area (TPSA) is 37.3 Å². The molecule has 0 aliphatic rings. The molecule has 0 unspecified atom stereocenters. The minimum atomic E-state index is -1.29. The van der Waals surface area contributed by atoms with Gasteiger partial charge in [-0.25, -0.2) is 0 Å². The maximum Gasteiger partial charge on any atom is 0.300 e. The van der Waals surface area contributed by atoms with E-state index in [4.69, 9.17) is 9.90 Å². The molecule has 0 aliphatic heterocycles. The van der Waals surface area contributed by atoms with E-state index in [2.05, 4.69) is 73.6 Å². The number of fused-ring (bicyclic) bond motifs is 1. The molecular weight excluding hydrogens is 264 g/mol. The zero-order chi connectivity index (χ0) is 15.2. The van der Waals surface area contributed by atoms with Crippen LogP contribution in [-0.4, -0.2) is 19.1 Å². The first kappa shape index (κ1) is 16.0. The molecule has 0 fully saturated rings. The Balaban J connectivity index is 0.000000444. The maximum absolute atomic E-state index is 9.00. The summed E-state index contributed by atoms with van der Waals surface area (Å²) in [6.45, 7) is 7.89. The first-order valence-corrected chi connectivity index (χ1v) is 10.00. The molecule has 2 rings (SSSR count). The van der Waals surface area contributed by atoms with Gasteiger partial charge in [-0.15, -0.1) is 5.54 Å². The second kappa shape index (κ2) is 6.92. The lowest BCUT2D eigenvalue weighted by molar-refractivity contribution is -0.134. The number of carboxylic acid groups (broad SMARTS) is 1. The third-order valence-electron chi connectivity index (χ3n) is 2.36. The Morgan fingerprint density at radius 3 is 2.20 bits per heavy atom. The largest absolute Gasteiger partial charge is 0.481 e. The number of rotatable bonds is 0. The second-order valence-electron chi connectivity index (χ2n) is 5.55. The van der Waals surface area contributed by atoms with Gasteiger partial charge in [0.15, 0.2) is 0 Å². The van der Waals surface area contributed by atoms with Crippen molar-refractivity contribution in [3.05, 3.63) is 48.0 Å². The molecule has 2 aromatic carbocycles. The van der Waals surface area contributed by atoms with E-state index in [0.29, 0.717) is 0 Å². The SMILES string of the molecule is CC(=O)O.C[Si](C)(C)C#Cc1cccc2ccccc12. The molecule has 0 saturated heterocycles. The number of carboxylic acids is 1. The Hall–Kier alpha value is -2.05. The summed E-state index contributed by atoms with van der Waals surface area (Å²) in [5.74, 6) is 2.51. The summed E-state index contributed by atoms with van der Waals surface area (Å²) in [4.78, 5) is 9.00. The molecule has 20 heavy (non-hydrogen) atoms. The standard InChI is InChI=1S/C15H16Si.C2H4O2/c1-16(2,3)12-11-14-9-6-8-13-7-4-5-10-15(13)14;1-2(3)4/h4-10H,1-3H3;1H3,(H,3,4). The Morgan fingerprint density at radius 2 is 1.60 bits per heavy atom. The number of hydrogen-bond donors (Lipinski definition) is 1. The van der Waals surface area contributed by atoms with Crippen molar-refractivity contribution in [1.29, 1.82) is 0 Å². The summed E-state index contributed by atoms with van der Waals surface area (Å²) >= 11 is 0. The quantitative estimate of drug-likeness (QED) is 0.582. The predicted molar refractivity (Wildman–Crippen MR) is 87.5 cm³/mol. The van der Waals surface area contributed by atoms with Crippen molar-refractivity contribution >= 4 is 24.8 Å². The molecule has 1 N–H and O–H groups in total. The van der Waals surface area contributed by atoms with E-state index < -0.39 is 14.0 Å². The van der Waals surface area contributed by atoms with Crippen molar-refractivity contribution in [3.63, 3.8) is 0 Å². The summed E-state index contributed by atoms with van der Waals surface area (Å²) in [6.07, 6.45) is 0. The van der Waals surface area contributed by atoms with Crippen LogP contribution in [-0.2, 0) is 4.79 Å². The Kier molecular flexibility index (Phi) is 5.54. The average Bonchev–Trinajstić information content (AvgIpc) is 2.34. The van der Waals surface area contributed by atoms with Crippen LogP contribution in [0.1, 0.15) is 12.5 Å². The predicted octanol–water partition coefficient (Wildman–Crippen LogP) is 4.16. The molecule has 0 aromatic heterocycles. The van der Waals surface area contributed by atoms with E-state index in [9.17, 15) is 0 Å². The molecule has 2 aromatic rings. The fraction of sp³-hybridized carbons (Fsp3) is 0.235. The minimum Gasteiger partial charge on any atom is -0.481 e. The first-order chi connectivity index (χ1) is 9.29. The molecular formula is C17H20O2Si. The highest BCUT2D eigenvalue weighted by Crippen LogP contribution is 2.17. The van der Waals surface area contributed by atoms with Gasteiger partial charge in [0.25, 0.3) is 5.97 Å². The van der Waals surface area contributed by atoms with Crippen molar-refractivity contribution in [2.75, 3.05) is 0 Å². The van der Waals surface area contributed by atoms with Crippen LogP contribution in [0.5, 0.6) is 0 Å². The van der Waals surface area contributed by atoms with Gasteiger partial charge in [-0.2, -0.15) is 0 Å². The Labute approximate surface area is 121 Å². The zero-order valence-corrected chi connectivity index (χ0v) is 13.4. The molecule has 0 bridgehead atoms. The minimum absolute atomic E-state index is 0.833. The molecule has 0 saturated carbocycles. The van der Waals surface area contributed by atoms with Crippen LogP contribution in [0.15, 0.2) is 42.5 Å². The summed E-state index contributed by atoms with van der Waals surface area (Å²) in [5.41, 5.74) is 4.57. The van der Waals surface area contributed by atoms with Crippen LogP contribution in [0.2, 0.25) is 19.6 Å². The van der Waals surface area contributed by atoms with E-state index in [1.165, 1.54) is 10.8 Å². The number of aliphatic carboxylic acids is 1. The van der Waals surface area contributed by atoms with Gasteiger partial charge in [0.2, 0.25) is 0 Å². The number of hydrogen-bond acceptors (Lipinski definition) is 1. The molecule has 0 atom stereocenters. The van der Waals surface area contributed by atoms with Crippen LogP contribution < -0.4 is 0 Å². The molecule has 0 aliphatic carbocycles. The average molecular weight is 284 g/mol. The second-order valence-corrected chi connectivity index (χ2v) is 10.3. The molecule has 2 nitrogen and oxygen atoms in total. The van der Waals surface area contributed by atoms with Crippen molar-refractivity contribution in [2.24, 2.45) is 0 Å². The van der Waals surface area contributed by atoms with E-state index in [1.807, 2.05) is 0 Å². The lowest BCUT2D eigenvalue weighted by atomic mass is 10.1. The summed E-state index contributed by atoms with van der Waals surface area (Å²) in [7, 11) is -1.29. The van der Waals surface area contributed by atoms with Gasteiger partial charge in [-0.3, -0.25) is 4.79 Å². The molecule has 0 heterocycles. The summed E-state index contributed by atoms with van der Waals surface area (Å²) in [6, 6.07) is 14.7. The van der Waals surface area contributed by atoms with Gasteiger partial charge in [-0.1, -0.05) is 62.0 Å². The maximum atomic E-state index is 9.00. The zero-order valence-electron chi connectivity index (χ0n) is 12.4. The first-order valence-electron chi connectivity index (χ1n) is 6.50. The van der Waals surface area contributed by atoms with Crippen molar-refractivity contribution in [1.82, 2.24) is 0 Å². The number of carbonyl (C=O) groups is 1. The highest BCUT2D eigenvalue weighted by molar-refractivity contribution is 6.83. The van der Waals surface area contributed by atoms with Gasteiger partial charge in [0, 0.05) is 12.5 Å². The molecule has 0 spiro atoms. The molecule has 0 amide bonds. The third-order valence-corrected chi connectivity index (χ3v) is 3.24. The Morgan fingerprint density at radius 1 is 1.05 bits per heavy atom. The molecule has 0 radical (unpaired) electrons. The third kappa shape index (κ3) is 5.72. The van der Waals surface area contributed by atoms with Crippen LogP contribution in [0.25, 0.3) is 10.8 Å². The van der Waals surface area contributed by atoms with Crippen LogP contribution in [0.4, 0.5) is 0 Å². The van der Waals surface area contributed by atoms with Gasteiger partial charge in [0.1, 0.15) is 8.07 Å². The fourth-order valence-electron chi connectivity index (χ4n) is 1.59. The van der Waals surface area contributed by atoms with Crippen LogP contribution >= 0.6 is 0 Å². The lowest BCUT2D eigenvalue weighted by Crippen LogP contribution is -2.16. The fourth-order valence-corrected chi connectivity index (χ4v) is 2.10. The smallest absolute Gasteiger partial charge is 0.300 e. The van der Waals surface area contributed by atoms with E-state index in [0.717, 1.165) is 12.5 Å². The van der Waals surface area contributed by atoms with Crippen molar-refractivity contribution < 1.29 is 9.90 Å². The highest BCUT2D eigenvalue weighted by atomic mass is 28.3. The number of benzene rings is 2. The van der Waals surface area contributed by atoms with E-state index in [-0.39, 0.29) is 0 Å². The van der Waals surface area contributed by atoms with E-state index in [1.54, 1.807) is 0 Å². The van der Waals surface area contributed by atoms with Crippen LogP contribution in [0.3, 0.4) is 0 Å². The monoisotopic (exact) mass is 284 g/mol. The van der Waals surface area contributed by atoms with Gasteiger partial charge in [-0.05, 0) is 16.8 Å². The van der Waals surface area contributed by atoms with Crippen LogP contribution in [0, 0.1) is 11.5 Å². The summed E-state index contributed by atoms with van der Waals surface area (Å²) in [5, 5.41) is 9.95. The molecule has 104 valence electrons. The lowest BCUT2D eigenvalue weighted by Gasteiger charge is -2.04. The highest BCUT2D eigenvalue weighted by Gasteiger charge is 2.07. The summed E-state index contributed by atoms with van der Waals surface area (Å²) < 4.78 is 0. The molecule has 3 heteroatoms. The van der Waals surface area contributed by atoms with Gasteiger partial charge < -0.3 is 5.11 Å². The van der Waals surface area contributed by atoms with Crippen molar-refractivity contribution in [2.45, 2.75) is 26.6 Å². The van der Waals surface area contributed by atoms with Crippen molar-refractivity contribution in [3.8, 4) is 11.5 Å². The normalized spacial score (nSPS) is 10.0.